The van der Waals surface area contributed by atoms with Gasteiger partial charge in [0.15, 0.2) is 0 Å². The summed E-state index contributed by atoms with van der Waals surface area (Å²) in [7, 11) is 0. The Morgan fingerprint density at radius 3 is 2.53 bits per heavy atom. The van der Waals surface area contributed by atoms with E-state index in [0.29, 0.717) is 22.1 Å². The fraction of sp³-hybridized carbons (Fsp3) is 0.600. The first-order chi connectivity index (χ1) is 6.73. The van der Waals surface area contributed by atoms with E-state index in [1.807, 2.05) is 6.92 Å². The van der Waals surface area contributed by atoms with Crippen LogP contribution in [0, 0.1) is 5.92 Å². The van der Waals surface area contributed by atoms with E-state index in [4.69, 9.17) is 23.2 Å². The summed E-state index contributed by atoms with van der Waals surface area (Å²) >= 11 is 14.7. The Bertz CT molecular complexity index is 318. The SMILES string of the molecule is CC1CC(Cl)=C(Cl)C=C1C(Br)C(C)(F)F. The number of halogens is 5. The van der Waals surface area contributed by atoms with Gasteiger partial charge in [0.25, 0.3) is 5.92 Å². The molecule has 0 N–H and O–H groups in total. The summed E-state index contributed by atoms with van der Waals surface area (Å²) in [6.07, 6.45) is 2.05. The van der Waals surface area contributed by atoms with Crippen molar-refractivity contribution in [2.45, 2.75) is 31.0 Å². The summed E-state index contributed by atoms with van der Waals surface area (Å²) in [5, 5.41) is 0.894. The fourth-order valence-corrected chi connectivity index (χ4v) is 2.54. The van der Waals surface area contributed by atoms with Crippen LogP contribution in [0.2, 0.25) is 0 Å². The molecule has 0 aromatic rings. The first-order valence-electron chi connectivity index (χ1n) is 4.51. The van der Waals surface area contributed by atoms with Gasteiger partial charge in [-0.25, -0.2) is 8.78 Å². The highest BCUT2D eigenvalue weighted by molar-refractivity contribution is 9.09. The maximum atomic E-state index is 13.1. The van der Waals surface area contributed by atoms with Crippen molar-refractivity contribution in [1.29, 1.82) is 0 Å². The maximum absolute atomic E-state index is 13.1. The first-order valence-corrected chi connectivity index (χ1v) is 6.18. The van der Waals surface area contributed by atoms with Crippen LogP contribution in [0.25, 0.3) is 0 Å². The zero-order valence-electron chi connectivity index (χ0n) is 8.33. The predicted octanol–water partition coefficient (Wildman–Crippen LogP) is 5.06. The van der Waals surface area contributed by atoms with E-state index in [-0.39, 0.29) is 5.92 Å². The monoisotopic (exact) mass is 318 g/mol. The van der Waals surface area contributed by atoms with Crippen molar-refractivity contribution in [2.75, 3.05) is 0 Å². The number of hydrogen-bond donors (Lipinski definition) is 0. The zero-order valence-corrected chi connectivity index (χ0v) is 11.4. The molecule has 86 valence electrons. The van der Waals surface area contributed by atoms with Gasteiger partial charge >= 0.3 is 0 Å². The molecule has 0 bridgehead atoms. The molecule has 0 saturated carbocycles. The summed E-state index contributed by atoms with van der Waals surface area (Å²) < 4.78 is 26.2. The Morgan fingerprint density at radius 2 is 2.07 bits per heavy atom. The van der Waals surface area contributed by atoms with Crippen LogP contribution in [0.3, 0.4) is 0 Å². The highest BCUT2D eigenvalue weighted by atomic mass is 79.9. The molecule has 1 rings (SSSR count). The third kappa shape index (κ3) is 3.18. The topological polar surface area (TPSA) is 0 Å². The summed E-state index contributed by atoms with van der Waals surface area (Å²) in [6.45, 7) is 2.74. The fourth-order valence-electron chi connectivity index (χ4n) is 1.47. The van der Waals surface area contributed by atoms with Crippen molar-refractivity contribution in [3.05, 3.63) is 21.7 Å². The molecule has 0 aromatic carbocycles. The van der Waals surface area contributed by atoms with E-state index < -0.39 is 10.7 Å². The lowest BCUT2D eigenvalue weighted by molar-refractivity contribution is 0.0282. The van der Waals surface area contributed by atoms with Crippen molar-refractivity contribution >= 4 is 39.1 Å². The summed E-state index contributed by atoms with van der Waals surface area (Å²) in [5.74, 6) is -2.82. The van der Waals surface area contributed by atoms with Crippen molar-refractivity contribution in [3.8, 4) is 0 Å². The van der Waals surface area contributed by atoms with Gasteiger partial charge in [-0.15, -0.1) is 0 Å². The molecule has 0 amide bonds. The van der Waals surface area contributed by atoms with Gasteiger partial charge < -0.3 is 0 Å². The molecule has 0 spiro atoms. The van der Waals surface area contributed by atoms with E-state index in [1.165, 1.54) is 6.08 Å². The van der Waals surface area contributed by atoms with E-state index >= 15 is 0 Å². The summed E-state index contributed by atoms with van der Waals surface area (Å²) in [4.78, 5) is -0.987. The highest BCUT2D eigenvalue weighted by Crippen LogP contribution is 2.41. The van der Waals surface area contributed by atoms with E-state index in [0.717, 1.165) is 6.92 Å². The summed E-state index contributed by atoms with van der Waals surface area (Å²) in [5.41, 5.74) is 0.594. The normalized spacial score (nSPS) is 25.3. The molecule has 1 aliphatic rings. The van der Waals surface area contributed by atoms with Crippen LogP contribution in [0.5, 0.6) is 0 Å². The van der Waals surface area contributed by atoms with Crippen molar-refractivity contribution in [3.63, 3.8) is 0 Å². The minimum absolute atomic E-state index is 0.0183. The quantitative estimate of drug-likeness (QED) is 0.624. The zero-order chi connectivity index (χ0) is 11.8. The number of allylic oxidation sites excluding steroid dienone is 4. The van der Waals surface area contributed by atoms with Gasteiger partial charge in [0.05, 0.1) is 9.86 Å². The lowest BCUT2D eigenvalue weighted by atomic mass is 9.89. The second kappa shape index (κ2) is 4.72. The average Bonchev–Trinajstić information content (AvgIpc) is 2.08. The summed E-state index contributed by atoms with van der Waals surface area (Å²) in [6, 6.07) is 0. The van der Waals surface area contributed by atoms with E-state index in [9.17, 15) is 8.78 Å². The maximum Gasteiger partial charge on any atom is 0.261 e. The molecule has 2 atom stereocenters. The Labute approximate surface area is 106 Å². The van der Waals surface area contributed by atoms with Gasteiger partial charge in [0, 0.05) is 12.0 Å². The van der Waals surface area contributed by atoms with Crippen LogP contribution in [-0.4, -0.2) is 10.7 Å². The predicted molar refractivity (Wildman–Crippen MR) is 63.9 cm³/mol. The van der Waals surface area contributed by atoms with E-state index in [1.54, 1.807) is 0 Å². The minimum Gasteiger partial charge on any atom is -0.206 e. The van der Waals surface area contributed by atoms with Crippen molar-refractivity contribution in [2.24, 2.45) is 5.92 Å². The molecular formula is C10H11BrCl2F2. The molecule has 5 heteroatoms. The van der Waals surface area contributed by atoms with Gasteiger partial charge in [-0.1, -0.05) is 46.1 Å². The molecule has 1 aliphatic carbocycles. The van der Waals surface area contributed by atoms with Gasteiger partial charge in [0.1, 0.15) is 0 Å². The van der Waals surface area contributed by atoms with Gasteiger partial charge in [-0.05, 0) is 24.0 Å². The number of hydrogen-bond acceptors (Lipinski definition) is 0. The molecule has 0 fully saturated rings. The lowest BCUT2D eigenvalue weighted by Crippen LogP contribution is -2.29. The number of rotatable bonds is 2. The molecule has 0 aliphatic heterocycles. The molecular weight excluding hydrogens is 309 g/mol. The van der Waals surface area contributed by atoms with Crippen LogP contribution in [0.4, 0.5) is 8.78 Å². The molecule has 0 saturated heterocycles. The van der Waals surface area contributed by atoms with Crippen LogP contribution < -0.4 is 0 Å². The highest BCUT2D eigenvalue weighted by Gasteiger charge is 2.37. The molecule has 0 radical (unpaired) electrons. The van der Waals surface area contributed by atoms with Crippen molar-refractivity contribution < 1.29 is 8.78 Å². The lowest BCUT2D eigenvalue weighted by Gasteiger charge is -2.28. The third-order valence-corrected chi connectivity index (χ3v) is 4.47. The molecule has 2 unspecified atom stereocenters. The standard InChI is InChI=1S/C10H11BrCl2F2/c1-5-3-7(12)8(13)4-6(5)9(11)10(2,14)15/h4-5,9H,3H2,1-2H3. The smallest absolute Gasteiger partial charge is 0.206 e. The first kappa shape index (κ1) is 13.5. The largest absolute Gasteiger partial charge is 0.261 e. The van der Waals surface area contributed by atoms with Gasteiger partial charge in [0.2, 0.25) is 0 Å². The average molecular weight is 320 g/mol. The minimum atomic E-state index is -2.80. The van der Waals surface area contributed by atoms with Crippen molar-refractivity contribution in [1.82, 2.24) is 0 Å². The van der Waals surface area contributed by atoms with Gasteiger partial charge in [-0.3, -0.25) is 0 Å². The Balaban J connectivity index is 3.00. The Morgan fingerprint density at radius 1 is 1.53 bits per heavy atom. The Kier molecular flexibility index (Phi) is 4.24. The molecule has 0 aromatic heterocycles. The third-order valence-electron chi connectivity index (χ3n) is 2.34. The van der Waals surface area contributed by atoms with Crippen LogP contribution in [-0.2, 0) is 0 Å². The Hall–Kier alpha value is 0.400. The number of alkyl halides is 3. The molecule has 0 heterocycles. The van der Waals surface area contributed by atoms with Crippen LogP contribution in [0.1, 0.15) is 20.3 Å². The second-order valence-corrected chi connectivity index (χ2v) is 5.60. The molecule has 15 heavy (non-hydrogen) atoms. The van der Waals surface area contributed by atoms with Gasteiger partial charge in [-0.2, -0.15) is 0 Å². The second-order valence-electron chi connectivity index (χ2n) is 3.82. The van der Waals surface area contributed by atoms with Crippen LogP contribution >= 0.6 is 39.1 Å². The molecule has 0 nitrogen and oxygen atoms in total. The van der Waals surface area contributed by atoms with E-state index in [2.05, 4.69) is 15.9 Å². The van der Waals surface area contributed by atoms with Crippen LogP contribution in [0.15, 0.2) is 21.7 Å².